The van der Waals surface area contributed by atoms with Crippen LogP contribution in [0.15, 0.2) is 24.3 Å². The third-order valence-corrected chi connectivity index (χ3v) is 4.05. The van der Waals surface area contributed by atoms with E-state index in [1.54, 1.807) is 0 Å². The Balaban J connectivity index is 2.40. The monoisotopic (exact) mass is 310 g/mol. The lowest BCUT2D eigenvalue weighted by molar-refractivity contribution is -0.122. The van der Waals surface area contributed by atoms with E-state index in [1.807, 2.05) is 31.2 Å². The molecule has 0 aliphatic heterocycles. The maximum atomic E-state index is 12.0. The summed E-state index contributed by atoms with van der Waals surface area (Å²) in [6, 6.07) is 7.59. The van der Waals surface area contributed by atoms with Crippen molar-refractivity contribution in [1.82, 2.24) is 5.32 Å². The van der Waals surface area contributed by atoms with Crippen molar-refractivity contribution in [3.8, 4) is 0 Å². The van der Waals surface area contributed by atoms with E-state index >= 15 is 0 Å². The number of halogens is 1. The second-order valence-electron chi connectivity index (χ2n) is 5.61. The van der Waals surface area contributed by atoms with Crippen molar-refractivity contribution in [3.63, 3.8) is 0 Å². The number of amides is 1. The van der Waals surface area contributed by atoms with E-state index in [4.69, 9.17) is 17.3 Å². The summed E-state index contributed by atoms with van der Waals surface area (Å²) in [7, 11) is 0. The van der Waals surface area contributed by atoms with Crippen LogP contribution in [0, 0.1) is 5.92 Å². The molecule has 0 bridgehead atoms. The van der Waals surface area contributed by atoms with Crippen LogP contribution in [-0.4, -0.2) is 12.5 Å². The summed E-state index contributed by atoms with van der Waals surface area (Å²) in [6.07, 6.45) is 4.80. The van der Waals surface area contributed by atoms with Crippen LogP contribution in [0.3, 0.4) is 0 Å². The molecule has 0 spiro atoms. The summed E-state index contributed by atoms with van der Waals surface area (Å²) >= 11 is 5.87. The van der Waals surface area contributed by atoms with Crippen molar-refractivity contribution in [2.24, 2.45) is 11.7 Å². The molecule has 0 aromatic heterocycles. The summed E-state index contributed by atoms with van der Waals surface area (Å²) in [5.74, 6) is 0.673. The fourth-order valence-electron chi connectivity index (χ4n) is 2.56. The van der Waals surface area contributed by atoms with E-state index in [-0.39, 0.29) is 11.9 Å². The van der Waals surface area contributed by atoms with E-state index in [1.165, 1.54) is 0 Å². The van der Waals surface area contributed by atoms with Crippen molar-refractivity contribution in [3.05, 3.63) is 34.9 Å². The second kappa shape index (κ2) is 9.80. The van der Waals surface area contributed by atoms with Gasteiger partial charge in [0.15, 0.2) is 0 Å². The Bertz CT molecular complexity index is 413. The molecule has 1 aromatic rings. The molecule has 2 atom stereocenters. The summed E-state index contributed by atoms with van der Waals surface area (Å²) in [5, 5.41) is 3.75. The Morgan fingerprint density at radius 3 is 2.48 bits per heavy atom. The average Bonchev–Trinajstić information content (AvgIpc) is 2.46. The molecule has 2 unspecified atom stereocenters. The number of nitrogens with one attached hydrogen (secondary N) is 1. The number of rotatable bonds is 9. The Kier molecular flexibility index (Phi) is 8.40. The first-order valence-corrected chi connectivity index (χ1v) is 8.19. The van der Waals surface area contributed by atoms with Gasteiger partial charge in [0.2, 0.25) is 5.91 Å². The van der Waals surface area contributed by atoms with Gasteiger partial charge in [0, 0.05) is 11.4 Å². The van der Waals surface area contributed by atoms with Crippen LogP contribution in [0.1, 0.15) is 57.6 Å². The van der Waals surface area contributed by atoms with Crippen LogP contribution in [0.25, 0.3) is 0 Å². The largest absolute Gasteiger partial charge is 0.350 e. The van der Waals surface area contributed by atoms with Gasteiger partial charge in [-0.1, -0.05) is 43.5 Å². The number of carbonyl (C=O) groups excluding carboxylic acids is 1. The third-order valence-electron chi connectivity index (χ3n) is 3.80. The number of hydrogen-bond acceptors (Lipinski definition) is 2. The summed E-state index contributed by atoms with van der Waals surface area (Å²) in [5.41, 5.74) is 6.69. The molecule has 118 valence electrons. The SMILES string of the molecule is CCCC(CCN)CCC(=O)NC(C)c1ccc(Cl)cc1. The number of nitrogens with two attached hydrogens (primary N) is 1. The highest BCUT2D eigenvalue weighted by atomic mass is 35.5. The number of hydrogen-bond donors (Lipinski definition) is 2. The van der Waals surface area contributed by atoms with Gasteiger partial charge in [-0.15, -0.1) is 0 Å². The van der Waals surface area contributed by atoms with Crippen molar-refractivity contribution >= 4 is 17.5 Å². The van der Waals surface area contributed by atoms with E-state index < -0.39 is 0 Å². The van der Waals surface area contributed by atoms with E-state index in [0.29, 0.717) is 23.9 Å². The first kappa shape index (κ1) is 18.0. The maximum absolute atomic E-state index is 12.0. The Hall–Kier alpha value is -1.06. The maximum Gasteiger partial charge on any atom is 0.220 e. The highest BCUT2D eigenvalue weighted by Crippen LogP contribution is 2.19. The van der Waals surface area contributed by atoms with Gasteiger partial charge in [0.1, 0.15) is 0 Å². The first-order valence-electron chi connectivity index (χ1n) is 7.81. The number of carbonyl (C=O) groups is 1. The van der Waals surface area contributed by atoms with Gasteiger partial charge in [0.05, 0.1) is 6.04 Å². The fraction of sp³-hybridized carbons (Fsp3) is 0.588. The van der Waals surface area contributed by atoms with Crippen molar-refractivity contribution in [2.75, 3.05) is 6.54 Å². The Morgan fingerprint density at radius 1 is 1.24 bits per heavy atom. The molecule has 3 nitrogen and oxygen atoms in total. The van der Waals surface area contributed by atoms with Gasteiger partial charge in [0.25, 0.3) is 0 Å². The topological polar surface area (TPSA) is 55.1 Å². The molecule has 21 heavy (non-hydrogen) atoms. The standard InChI is InChI=1S/C17H27ClN2O/c1-3-4-14(11-12-19)5-10-17(21)20-13(2)15-6-8-16(18)9-7-15/h6-9,13-14H,3-5,10-12,19H2,1-2H3,(H,20,21). The highest BCUT2D eigenvalue weighted by Gasteiger charge is 2.13. The lowest BCUT2D eigenvalue weighted by Crippen LogP contribution is -2.27. The molecule has 0 aliphatic rings. The van der Waals surface area contributed by atoms with Crippen LogP contribution in [0.4, 0.5) is 0 Å². The zero-order valence-electron chi connectivity index (χ0n) is 13.1. The molecule has 4 heteroatoms. The van der Waals surface area contributed by atoms with Gasteiger partial charge < -0.3 is 11.1 Å². The molecule has 0 fully saturated rings. The van der Waals surface area contributed by atoms with Crippen LogP contribution >= 0.6 is 11.6 Å². The second-order valence-corrected chi connectivity index (χ2v) is 6.05. The zero-order chi connectivity index (χ0) is 15.7. The quantitative estimate of drug-likeness (QED) is 0.722. The van der Waals surface area contributed by atoms with Gasteiger partial charge in [-0.05, 0) is 49.9 Å². The normalized spacial score (nSPS) is 13.7. The van der Waals surface area contributed by atoms with Crippen molar-refractivity contribution in [1.29, 1.82) is 0 Å². The molecule has 1 aromatic carbocycles. The molecule has 1 rings (SSSR count). The van der Waals surface area contributed by atoms with Gasteiger partial charge >= 0.3 is 0 Å². The van der Waals surface area contributed by atoms with E-state index in [2.05, 4.69) is 12.2 Å². The molecule has 0 saturated heterocycles. The smallest absolute Gasteiger partial charge is 0.220 e. The van der Waals surface area contributed by atoms with Crippen LogP contribution < -0.4 is 11.1 Å². The van der Waals surface area contributed by atoms with Crippen LogP contribution in [0.2, 0.25) is 5.02 Å². The first-order chi connectivity index (χ1) is 10.1. The van der Waals surface area contributed by atoms with Gasteiger partial charge in [-0.25, -0.2) is 0 Å². The minimum atomic E-state index is 0.00824. The highest BCUT2D eigenvalue weighted by molar-refractivity contribution is 6.30. The van der Waals surface area contributed by atoms with E-state index in [0.717, 1.165) is 31.2 Å². The lowest BCUT2D eigenvalue weighted by atomic mass is 9.94. The summed E-state index contributed by atoms with van der Waals surface area (Å²) in [6.45, 7) is 4.87. The van der Waals surface area contributed by atoms with Crippen molar-refractivity contribution in [2.45, 2.75) is 52.0 Å². The minimum Gasteiger partial charge on any atom is -0.350 e. The predicted octanol–water partition coefficient (Wildman–Crippen LogP) is 4.06. The average molecular weight is 311 g/mol. The lowest BCUT2D eigenvalue weighted by Gasteiger charge is -2.17. The van der Waals surface area contributed by atoms with Crippen molar-refractivity contribution < 1.29 is 4.79 Å². The molecule has 1 amide bonds. The molecular formula is C17H27ClN2O. The summed E-state index contributed by atoms with van der Waals surface area (Å²) in [4.78, 5) is 12.0. The Labute approximate surface area is 133 Å². The fourth-order valence-corrected chi connectivity index (χ4v) is 2.69. The van der Waals surface area contributed by atoms with Gasteiger partial charge in [-0.2, -0.15) is 0 Å². The van der Waals surface area contributed by atoms with Crippen LogP contribution in [0.5, 0.6) is 0 Å². The molecule has 0 heterocycles. The third kappa shape index (κ3) is 6.96. The zero-order valence-corrected chi connectivity index (χ0v) is 13.8. The Morgan fingerprint density at radius 2 is 1.90 bits per heavy atom. The summed E-state index contributed by atoms with van der Waals surface area (Å²) < 4.78 is 0. The molecule has 0 saturated carbocycles. The predicted molar refractivity (Wildman–Crippen MR) is 89.3 cm³/mol. The molecule has 0 aliphatic carbocycles. The van der Waals surface area contributed by atoms with Gasteiger partial charge in [-0.3, -0.25) is 4.79 Å². The van der Waals surface area contributed by atoms with Crippen LogP contribution in [-0.2, 0) is 4.79 Å². The number of benzene rings is 1. The van der Waals surface area contributed by atoms with E-state index in [9.17, 15) is 4.79 Å². The molecule has 3 N–H and O–H groups in total. The minimum absolute atomic E-state index is 0.00824. The molecular weight excluding hydrogens is 284 g/mol. The molecule has 0 radical (unpaired) electrons.